The van der Waals surface area contributed by atoms with E-state index < -0.39 is 0 Å². The Bertz CT molecular complexity index is 915. The van der Waals surface area contributed by atoms with Gasteiger partial charge in [-0.05, 0) is 35.4 Å². The molecule has 2 aromatic carbocycles. The van der Waals surface area contributed by atoms with Crippen LogP contribution in [-0.4, -0.2) is 37.8 Å². The van der Waals surface area contributed by atoms with E-state index in [4.69, 9.17) is 36.3 Å². The number of halogens is 1. The van der Waals surface area contributed by atoms with E-state index in [0.717, 1.165) is 22.4 Å². The van der Waals surface area contributed by atoms with Crippen molar-refractivity contribution in [2.24, 2.45) is 0 Å². The van der Waals surface area contributed by atoms with Crippen LogP contribution in [0.1, 0.15) is 0 Å². The Morgan fingerprint density at radius 1 is 0.857 bits per heavy atom. The molecule has 3 aromatic rings. The van der Waals surface area contributed by atoms with Crippen molar-refractivity contribution in [1.29, 1.82) is 0 Å². The Morgan fingerprint density at radius 2 is 1.54 bits per heavy atom. The summed E-state index contributed by atoms with van der Waals surface area (Å²) in [4.78, 5) is 8.19. The van der Waals surface area contributed by atoms with Crippen LogP contribution in [0.2, 0.25) is 5.15 Å². The van der Waals surface area contributed by atoms with Crippen molar-refractivity contribution in [1.82, 2.24) is 9.97 Å². The quantitative estimate of drug-likeness (QED) is 0.450. The van der Waals surface area contributed by atoms with Gasteiger partial charge in [0.05, 0.1) is 5.69 Å². The Hall–Kier alpha value is -2.87. The highest BCUT2D eigenvalue weighted by atomic mass is 35.5. The maximum Gasteiger partial charge on any atom is 0.221 e. The van der Waals surface area contributed by atoms with Crippen LogP contribution in [0.25, 0.3) is 22.4 Å². The summed E-state index contributed by atoms with van der Waals surface area (Å²) in [5.41, 5.74) is 9.01. The predicted molar refractivity (Wildman–Crippen MR) is 107 cm³/mol. The molecular weight excluding hydrogens is 382 g/mol. The van der Waals surface area contributed by atoms with Crippen LogP contribution in [-0.2, 0) is 9.47 Å². The zero-order valence-electron chi connectivity index (χ0n) is 15.5. The van der Waals surface area contributed by atoms with Crippen molar-refractivity contribution in [3.63, 3.8) is 0 Å². The summed E-state index contributed by atoms with van der Waals surface area (Å²) in [6, 6.07) is 15.1. The molecule has 0 bridgehead atoms. The number of anilines is 1. The van der Waals surface area contributed by atoms with Gasteiger partial charge in [0, 0.05) is 25.8 Å². The number of aromatic nitrogens is 2. The van der Waals surface area contributed by atoms with Crippen molar-refractivity contribution >= 4 is 17.5 Å². The molecule has 3 rings (SSSR count). The van der Waals surface area contributed by atoms with Gasteiger partial charge in [0.15, 0.2) is 13.6 Å². The summed E-state index contributed by atoms with van der Waals surface area (Å²) < 4.78 is 21.0. The molecule has 0 radical (unpaired) electrons. The van der Waals surface area contributed by atoms with Gasteiger partial charge in [-0.15, -0.1) is 0 Å². The minimum absolute atomic E-state index is 0.0882. The third-order valence-electron chi connectivity index (χ3n) is 3.83. The molecule has 0 aliphatic heterocycles. The second-order valence-electron chi connectivity index (χ2n) is 5.77. The number of methoxy groups -OCH3 is 2. The molecule has 0 atom stereocenters. The molecule has 0 saturated carbocycles. The molecule has 0 unspecified atom stereocenters. The summed E-state index contributed by atoms with van der Waals surface area (Å²) in [6.45, 7) is 0.303. The Kier molecular flexibility index (Phi) is 6.65. The van der Waals surface area contributed by atoms with E-state index in [9.17, 15) is 0 Å². The van der Waals surface area contributed by atoms with Gasteiger partial charge in [-0.25, -0.2) is 9.97 Å². The van der Waals surface area contributed by atoms with Crippen molar-refractivity contribution < 1.29 is 18.9 Å². The predicted octanol–water partition coefficient (Wildman–Crippen LogP) is 4.01. The third-order valence-corrected chi connectivity index (χ3v) is 4.02. The van der Waals surface area contributed by atoms with Gasteiger partial charge in [-0.1, -0.05) is 29.8 Å². The lowest BCUT2D eigenvalue weighted by Gasteiger charge is -2.13. The first kappa shape index (κ1) is 19.9. The van der Waals surface area contributed by atoms with Crippen LogP contribution < -0.4 is 15.2 Å². The zero-order chi connectivity index (χ0) is 19.9. The second kappa shape index (κ2) is 9.36. The molecule has 146 valence electrons. The van der Waals surface area contributed by atoms with Gasteiger partial charge in [0.2, 0.25) is 5.95 Å². The second-order valence-corrected chi connectivity index (χ2v) is 6.16. The number of rotatable bonds is 8. The fraction of sp³-hybridized carbons (Fsp3) is 0.200. The summed E-state index contributed by atoms with van der Waals surface area (Å²) in [6.07, 6.45) is 0. The van der Waals surface area contributed by atoms with Gasteiger partial charge in [-0.2, -0.15) is 0 Å². The summed E-state index contributed by atoms with van der Waals surface area (Å²) in [5, 5.41) is 0.255. The molecule has 1 heterocycles. The maximum absolute atomic E-state index is 6.05. The number of nitrogen functional groups attached to an aromatic ring is 1. The lowest BCUT2D eigenvalue weighted by atomic mass is 10.0. The first-order chi connectivity index (χ1) is 13.6. The van der Waals surface area contributed by atoms with Crippen LogP contribution in [0.3, 0.4) is 0 Å². The SMILES string of the molecule is COCOc1ccc(-c2ccc(OCOC)c(-c3cc(Cl)nc(N)n3)c2)cc1. The van der Waals surface area contributed by atoms with E-state index in [2.05, 4.69) is 9.97 Å². The molecule has 0 amide bonds. The van der Waals surface area contributed by atoms with E-state index in [-0.39, 0.29) is 24.7 Å². The highest BCUT2D eigenvalue weighted by Gasteiger charge is 2.13. The lowest BCUT2D eigenvalue weighted by molar-refractivity contribution is 0.0510. The summed E-state index contributed by atoms with van der Waals surface area (Å²) in [7, 11) is 3.13. The smallest absolute Gasteiger partial charge is 0.221 e. The number of hydrogen-bond donors (Lipinski definition) is 1. The molecule has 0 aliphatic carbocycles. The van der Waals surface area contributed by atoms with Crippen LogP contribution in [0.4, 0.5) is 5.95 Å². The van der Waals surface area contributed by atoms with Crippen LogP contribution >= 0.6 is 11.6 Å². The summed E-state index contributed by atoms with van der Waals surface area (Å²) in [5.74, 6) is 1.41. The number of ether oxygens (including phenoxy) is 4. The zero-order valence-corrected chi connectivity index (χ0v) is 16.3. The van der Waals surface area contributed by atoms with Gasteiger partial charge >= 0.3 is 0 Å². The van der Waals surface area contributed by atoms with E-state index in [1.807, 2.05) is 42.5 Å². The van der Waals surface area contributed by atoms with Crippen LogP contribution in [0, 0.1) is 0 Å². The van der Waals surface area contributed by atoms with Crippen LogP contribution in [0.5, 0.6) is 11.5 Å². The molecule has 7 nitrogen and oxygen atoms in total. The molecule has 2 N–H and O–H groups in total. The Balaban J connectivity index is 1.99. The molecule has 0 fully saturated rings. The molecule has 1 aromatic heterocycles. The minimum atomic E-state index is 0.0882. The van der Waals surface area contributed by atoms with E-state index in [1.54, 1.807) is 20.3 Å². The Morgan fingerprint density at radius 3 is 2.21 bits per heavy atom. The third kappa shape index (κ3) is 4.89. The van der Waals surface area contributed by atoms with E-state index in [0.29, 0.717) is 11.4 Å². The van der Waals surface area contributed by atoms with Crippen LogP contribution in [0.15, 0.2) is 48.5 Å². The molecule has 0 aliphatic rings. The molecular formula is C20H20ClN3O4. The van der Waals surface area contributed by atoms with Gasteiger partial charge in [0.1, 0.15) is 16.7 Å². The molecule has 0 saturated heterocycles. The normalized spacial score (nSPS) is 10.7. The first-order valence-corrected chi connectivity index (χ1v) is 8.77. The molecule has 28 heavy (non-hydrogen) atoms. The van der Waals surface area contributed by atoms with Crippen molar-refractivity contribution in [2.45, 2.75) is 0 Å². The Labute approximate surface area is 168 Å². The van der Waals surface area contributed by atoms with Crippen molar-refractivity contribution in [3.8, 4) is 33.9 Å². The monoisotopic (exact) mass is 401 g/mol. The number of benzene rings is 2. The highest BCUT2D eigenvalue weighted by Crippen LogP contribution is 2.35. The van der Waals surface area contributed by atoms with Crippen molar-refractivity contribution in [2.75, 3.05) is 33.5 Å². The van der Waals surface area contributed by atoms with E-state index >= 15 is 0 Å². The number of hydrogen-bond acceptors (Lipinski definition) is 7. The summed E-state index contributed by atoms with van der Waals surface area (Å²) >= 11 is 6.05. The fourth-order valence-corrected chi connectivity index (χ4v) is 2.79. The van der Waals surface area contributed by atoms with Gasteiger partial charge in [-0.3, -0.25) is 0 Å². The van der Waals surface area contributed by atoms with Gasteiger partial charge < -0.3 is 24.7 Å². The largest absolute Gasteiger partial charge is 0.468 e. The lowest BCUT2D eigenvalue weighted by Crippen LogP contribution is -2.02. The standard InChI is InChI=1S/C20H20ClN3O4/c1-25-11-27-15-6-3-13(4-7-15)14-5-8-18(28-12-26-2)16(9-14)17-10-19(21)24-20(22)23-17/h3-10H,11-12H2,1-2H3,(H2,22,23,24). The van der Waals surface area contributed by atoms with Crippen molar-refractivity contribution in [3.05, 3.63) is 53.7 Å². The highest BCUT2D eigenvalue weighted by molar-refractivity contribution is 6.29. The number of nitrogens with two attached hydrogens (primary N) is 1. The molecule has 0 spiro atoms. The molecule has 8 heteroatoms. The number of nitrogens with zero attached hydrogens (tertiary/aromatic N) is 2. The first-order valence-electron chi connectivity index (χ1n) is 8.39. The fourth-order valence-electron chi connectivity index (χ4n) is 2.60. The average molecular weight is 402 g/mol. The average Bonchev–Trinajstić information content (AvgIpc) is 2.70. The maximum atomic E-state index is 6.05. The minimum Gasteiger partial charge on any atom is -0.468 e. The van der Waals surface area contributed by atoms with E-state index in [1.165, 1.54) is 0 Å². The van der Waals surface area contributed by atoms with Gasteiger partial charge in [0.25, 0.3) is 0 Å². The topological polar surface area (TPSA) is 88.7 Å².